The van der Waals surface area contributed by atoms with E-state index in [1.54, 1.807) is 37.8 Å². The number of carbonyl (C=O) groups is 3. The van der Waals surface area contributed by atoms with Crippen molar-refractivity contribution in [2.75, 3.05) is 11.9 Å². The molecule has 0 aromatic carbocycles. The summed E-state index contributed by atoms with van der Waals surface area (Å²) in [6.45, 7) is 5.25. The predicted molar refractivity (Wildman–Crippen MR) is 85.9 cm³/mol. The number of anilines is 1. The number of rotatable bonds is 5. The van der Waals surface area contributed by atoms with Crippen LogP contribution in [0.3, 0.4) is 0 Å². The van der Waals surface area contributed by atoms with Gasteiger partial charge in [-0.3, -0.25) is 14.9 Å². The van der Waals surface area contributed by atoms with Crippen LogP contribution >= 0.6 is 11.3 Å². The van der Waals surface area contributed by atoms with Gasteiger partial charge in [-0.15, -0.1) is 11.3 Å². The minimum Gasteiger partial charge on any atom is -0.461 e. The molecule has 0 bridgehead atoms. The second-order valence-electron chi connectivity index (χ2n) is 4.83. The number of hydrogen-bond acceptors (Lipinski definition) is 6. The molecule has 0 aliphatic carbocycles. The fourth-order valence-electron chi connectivity index (χ4n) is 2.35. The van der Waals surface area contributed by atoms with Gasteiger partial charge in [0.25, 0.3) is 11.7 Å². The number of aromatic nitrogens is 2. The van der Waals surface area contributed by atoms with E-state index in [9.17, 15) is 14.4 Å². The van der Waals surface area contributed by atoms with Crippen LogP contribution in [-0.2, 0) is 16.6 Å². The highest BCUT2D eigenvalue weighted by molar-refractivity contribution is 7.13. The fourth-order valence-corrected chi connectivity index (χ4v) is 2.88. The van der Waals surface area contributed by atoms with Crippen molar-refractivity contribution >= 4 is 34.1 Å². The molecular formula is C15H17N3O4S. The van der Waals surface area contributed by atoms with Crippen molar-refractivity contribution in [3.8, 4) is 0 Å². The number of thiazole rings is 1. The molecule has 0 aliphatic rings. The van der Waals surface area contributed by atoms with Gasteiger partial charge in [0.15, 0.2) is 5.13 Å². The van der Waals surface area contributed by atoms with Gasteiger partial charge in [0, 0.05) is 24.3 Å². The van der Waals surface area contributed by atoms with E-state index in [4.69, 9.17) is 4.74 Å². The minimum atomic E-state index is -0.785. The molecule has 8 heteroatoms. The summed E-state index contributed by atoms with van der Waals surface area (Å²) in [7, 11) is 1.66. The van der Waals surface area contributed by atoms with Crippen molar-refractivity contribution in [3.05, 3.63) is 34.1 Å². The first-order valence-corrected chi connectivity index (χ1v) is 7.84. The SMILES string of the molecule is CCOC(=O)c1c(C)c(C(=O)C(=O)Nc2nccs2)c(C)n1C. The maximum Gasteiger partial charge on any atom is 0.355 e. The Morgan fingerprint density at radius 2 is 2.04 bits per heavy atom. The van der Waals surface area contributed by atoms with Gasteiger partial charge < -0.3 is 9.30 Å². The maximum absolute atomic E-state index is 12.5. The van der Waals surface area contributed by atoms with Crippen LogP contribution in [0.25, 0.3) is 0 Å². The first-order valence-electron chi connectivity index (χ1n) is 6.96. The number of amides is 1. The Morgan fingerprint density at radius 3 is 2.61 bits per heavy atom. The van der Waals surface area contributed by atoms with Gasteiger partial charge in [0.2, 0.25) is 0 Å². The fraction of sp³-hybridized carbons (Fsp3) is 0.333. The average molecular weight is 335 g/mol. The standard InChI is InChI=1S/C15H17N3O4S/c1-5-22-14(21)11-8(2)10(9(3)18(11)4)12(19)13(20)17-15-16-6-7-23-15/h6-7H,5H2,1-4H3,(H,16,17,20). The molecule has 0 saturated heterocycles. The second kappa shape index (κ2) is 6.74. The summed E-state index contributed by atoms with van der Waals surface area (Å²) >= 11 is 1.22. The number of esters is 1. The lowest BCUT2D eigenvalue weighted by Crippen LogP contribution is -2.23. The largest absolute Gasteiger partial charge is 0.461 e. The average Bonchev–Trinajstić information content (AvgIpc) is 3.07. The van der Waals surface area contributed by atoms with E-state index < -0.39 is 17.7 Å². The smallest absolute Gasteiger partial charge is 0.355 e. The first kappa shape index (κ1) is 16.9. The highest BCUT2D eigenvalue weighted by atomic mass is 32.1. The molecular weight excluding hydrogens is 318 g/mol. The zero-order valence-electron chi connectivity index (χ0n) is 13.3. The Labute approximate surface area is 137 Å². The third-order valence-electron chi connectivity index (χ3n) is 3.49. The van der Waals surface area contributed by atoms with Crippen LogP contribution in [0.5, 0.6) is 0 Å². The molecule has 0 atom stereocenters. The quantitative estimate of drug-likeness (QED) is 0.513. The Kier molecular flexibility index (Phi) is 4.95. The Hall–Kier alpha value is -2.48. The molecule has 1 N–H and O–H groups in total. The molecule has 23 heavy (non-hydrogen) atoms. The van der Waals surface area contributed by atoms with Gasteiger partial charge in [-0.2, -0.15) is 0 Å². The van der Waals surface area contributed by atoms with Crippen molar-refractivity contribution in [3.63, 3.8) is 0 Å². The number of nitrogens with one attached hydrogen (secondary N) is 1. The molecule has 0 fully saturated rings. The number of ether oxygens (including phenoxy) is 1. The first-order chi connectivity index (χ1) is 10.9. The minimum absolute atomic E-state index is 0.213. The lowest BCUT2D eigenvalue weighted by Gasteiger charge is -2.05. The summed E-state index contributed by atoms with van der Waals surface area (Å²) in [5, 5.41) is 4.49. The Morgan fingerprint density at radius 1 is 1.35 bits per heavy atom. The molecule has 0 saturated carbocycles. The molecule has 122 valence electrons. The predicted octanol–water partition coefficient (Wildman–Crippen LogP) is 2.10. The maximum atomic E-state index is 12.5. The van der Waals surface area contributed by atoms with Gasteiger partial charge in [0.05, 0.1) is 12.2 Å². The van der Waals surface area contributed by atoms with E-state index >= 15 is 0 Å². The number of Topliss-reactive ketones (excluding diaryl/α,β-unsaturated/α-hetero) is 1. The summed E-state index contributed by atoms with van der Waals surface area (Å²) in [6.07, 6.45) is 1.53. The van der Waals surface area contributed by atoms with E-state index in [1.165, 1.54) is 17.5 Å². The lowest BCUT2D eigenvalue weighted by molar-refractivity contribution is -0.112. The third-order valence-corrected chi connectivity index (χ3v) is 4.17. The van der Waals surface area contributed by atoms with Crippen molar-refractivity contribution < 1.29 is 19.1 Å². The van der Waals surface area contributed by atoms with Crippen LogP contribution in [-0.4, -0.2) is 33.8 Å². The van der Waals surface area contributed by atoms with Crippen molar-refractivity contribution in [2.45, 2.75) is 20.8 Å². The van der Waals surface area contributed by atoms with Gasteiger partial charge in [-0.25, -0.2) is 9.78 Å². The van der Waals surface area contributed by atoms with E-state index in [0.717, 1.165) is 0 Å². The van der Waals surface area contributed by atoms with Gasteiger partial charge in [-0.05, 0) is 26.3 Å². The van der Waals surface area contributed by atoms with Crippen LogP contribution in [0, 0.1) is 13.8 Å². The summed E-state index contributed by atoms with van der Waals surface area (Å²) in [5.41, 5.74) is 1.45. The zero-order valence-corrected chi connectivity index (χ0v) is 14.1. The number of nitrogens with zero attached hydrogens (tertiary/aromatic N) is 2. The lowest BCUT2D eigenvalue weighted by atomic mass is 10.1. The van der Waals surface area contributed by atoms with Crippen LogP contribution in [0.2, 0.25) is 0 Å². The van der Waals surface area contributed by atoms with E-state index in [0.29, 0.717) is 16.4 Å². The summed E-state index contributed by atoms with van der Waals surface area (Å²) in [5.74, 6) is -2.01. The number of hydrogen-bond donors (Lipinski definition) is 1. The molecule has 0 aliphatic heterocycles. The molecule has 2 heterocycles. The molecule has 1 amide bonds. The molecule has 7 nitrogen and oxygen atoms in total. The highest BCUT2D eigenvalue weighted by Crippen LogP contribution is 2.23. The Bertz CT molecular complexity index is 762. The number of ketones is 1. The van der Waals surface area contributed by atoms with Crippen molar-refractivity contribution in [1.29, 1.82) is 0 Å². The van der Waals surface area contributed by atoms with Crippen molar-refractivity contribution in [1.82, 2.24) is 9.55 Å². The van der Waals surface area contributed by atoms with Crippen LogP contribution < -0.4 is 5.32 Å². The van der Waals surface area contributed by atoms with Gasteiger partial charge in [0.1, 0.15) is 5.69 Å². The van der Waals surface area contributed by atoms with Crippen LogP contribution in [0.4, 0.5) is 5.13 Å². The van der Waals surface area contributed by atoms with E-state index in [2.05, 4.69) is 10.3 Å². The zero-order chi connectivity index (χ0) is 17.1. The third kappa shape index (κ3) is 3.16. The monoisotopic (exact) mass is 335 g/mol. The van der Waals surface area contributed by atoms with Crippen molar-refractivity contribution in [2.24, 2.45) is 7.05 Å². The summed E-state index contributed by atoms with van der Waals surface area (Å²) in [6, 6.07) is 0. The topological polar surface area (TPSA) is 90.3 Å². The molecule has 0 unspecified atom stereocenters. The number of carbonyl (C=O) groups excluding carboxylic acids is 3. The van der Waals surface area contributed by atoms with Crippen LogP contribution in [0.1, 0.15) is 39.0 Å². The van der Waals surface area contributed by atoms with Gasteiger partial charge >= 0.3 is 5.97 Å². The Balaban J connectivity index is 2.35. The van der Waals surface area contributed by atoms with Crippen LogP contribution in [0.15, 0.2) is 11.6 Å². The summed E-state index contributed by atoms with van der Waals surface area (Å²) in [4.78, 5) is 40.5. The van der Waals surface area contributed by atoms with Gasteiger partial charge in [-0.1, -0.05) is 0 Å². The molecule has 2 aromatic rings. The molecule has 0 spiro atoms. The van der Waals surface area contributed by atoms with E-state index in [-0.39, 0.29) is 17.9 Å². The molecule has 0 radical (unpaired) electrons. The second-order valence-corrected chi connectivity index (χ2v) is 5.73. The highest BCUT2D eigenvalue weighted by Gasteiger charge is 2.29. The molecule has 2 aromatic heterocycles. The molecule has 2 rings (SSSR count). The normalized spacial score (nSPS) is 10.4. The van der Waals surface area contributed by atoms with E-state index in [1.807, 2.05) is 0 Å². The summed E-state index contributed by atoms with van der Waals surface area (Å²) < 4.78 is 6.57.